The molecule has 0 saturated heterocycles. The highest BCUT2D eigenvalue weighted by molar-refractivity contribution is 7.90. The number of hydrogen-bond donors (Lipinski definition) is 0. The van der Waals surface area contributed by atoms with Crippen LogP contribution in [0.2, 0.25) is 0 Å². The molecule has 5 nitrogen and oxygen atoms in total. The maximum atomic E-state index is 11.5. The summed E-state index contributed by atoms with van der Waals surface area (Å²) in [5.41, 5.74) is 0.242. The monoisotopic (exact) mass is 244 g/mol. The SMILES string of the molecule is COc1c(C=O)ccc(S(C)(=O)=O)c1OC. The Balaban J connectivity index is 3.62. The van der Waals surface area contributed by atoms with Gasteiger partial charge in [-0.15, -0.1) is 0 Å². The molecule has 1 rings (SSSR count). The molecule has 0 aliphatic rings. The molecule has 0 fully saturated rings. The van der Waals surface area contributed by atoms with E-state index >= 15 is 0 Å². The number of aldehydes is 1. The first-order valence-electron chi connectivity index (χ1n) is 4.36. The first-order valence-corrected chi connectivity index (χ1v) is 6.25. The Hall–Kier alpha value is -1.56. The zero-order valence-corrected chi connectivity index (χ0v) is 10.00. The average molecular weight is 244 g/mol. The summed E-state index contributed by atoms with van der Waals surface area (Å²) in [4.78, 5) is 10.7. The predicted octanol–water partition coefficient (Wildman–Crippen LogP) is 0.920. The molecule has 0 amide bonds. The van der Waals surface area contributed by atoms with Crippen molar-refractivity contribution in [3.05, 3.63) is 17.7 Å². The lowest BCUT2D eigenvalue weighted by Gasteiger charge is -2.12. The van der Waals surface area contributed by atoms with E-state index in [4.69, 9.17) is 9.47 Å². The molecule has 0 bridgehead atoms. The Morgan fingerprint density at radius 3 is 2.06 bits per heavy atom. The van der Waals surface area contributed by atoms with Gasteiger partial charge in [-0.2, -0.15) is 0 Å². The summed E-state index contributed by atoms with van der Waals surface area (Å²) in [6, 6.07) is 2.70. The summed E-state index contributed by atoms with van der Waals surface area (Å²) in [7, 11) is -0.759. The van der Waals surface area contributed by atoms with E-state index in [9.17, 15) is 13.2 Å². The van der Waals surface area contributed by atoms with Crippen molar-refractivity contribution in [3.8, 4) is 11.5 Å². The average Bonchev–Trinajstić information content (AvgIpc) is 2.25. The van der Waals surface area contributed by atoms with Gasteiger partial charge in [0, 0.05) is 6.26 Å². The minimum absolute atomic E-state index is 0.00236. The van der Waals surface area contributed by atoms with Crippen LogP contribution in [0.3, 0.4) is 0 Å². The van der Waals surface area contributed by atoms with Crippen molar-refractivity contribution in [1.82, 2.24) is 0 Å². The maximum absolute atomic E-state index is 11.5. The van der Waals surface area contributed by atoms with E-state index in [-0.39, 0.29) is 22.0 Å². The molecule has 0 aromatic heterocycles. The van der Waals surface area contributed by atoms with Crippen LogP contribution in [0.5, 0.6) is 11.5 Å². The Labute approximate surface area is 93.9 Å². The van der Waals surface area contributed by atoms with Crippen LogP contribution >= 0.6 is 0 Å². The summed E-state index contributed by atoms with van der Waals surface area (Å²) < 4.78 is 32.9. The van der Waals surface area contributed by atoms with Crippen LogP contribution < -0.4 is 9.47 Å². The number of carbonyl (C=O) groups is 1. The molecule has 6 heteroatoms. The smallest absolute Gasteiger partial charge is 0.180 e. The number of rotatable bonds is 4. The van der Waals surface area contributed by atoms with Crippen molar-refractivity contribution in [3.63, 3.8) is 0 Å². The van der Waals surface area contributed by atoms with Crippen molar-refractivity contribution in [2.24, 2.45) is 0 Å². The highest BCUT2D eigenvalue weighted by Crippen LogP contribution is 2.36. The van der Waals surface area contributed by atoms with Gasteiger partial charge in [0.1, 0.15) is 4.90 Å². The zero-order chi connectivity index (χ0) is 12.3. The maximum Gasteiger partial charge on any atom is 0.180 e. The topological polar surface area (TPSA) is 69.7 Å². The van der Waals surface area contributed by atoms with Gasteiger partial charge in [-0.3, -0.25) is 4.79 Å². The molecule has 0 radical (unpaired) electrons. The fraction of sp³-hybridized carbons (Fsp3) is 0.300. The number of benzene rings is 1. The molecular formula is C10H12O5S. The molecule has 0 aliphatic carbocycles. The van der Waals surface area contributed by atoms with E-state index in [1.54, 1.807) is 0 Å². The number of methoxy groups -OCH3 is 2. The van der Waals surface area contributed by atoms with Crippen molar-refractivity contribution < 1.29 is 22.7 Å². The molecule has 0 N–H and O–H groups in total. The van der Waals surface area contributed by atoms with Crippen LogP contribution in [-0.2, 0) is 9.84 Å². The van der Waals surface area contributed by atoms with Crippen LogP contribution in [0.15, 0.2) is 17.0 Å². The van der Waals surface area contributed by atoms with Gasteiger partial charge in [0.25, 0.3) is 0 Å². The molecular weight excluding hydrogens is 232 g/mol. The summed E-state index contributed by atoms with van der Waals surface area (Å²) in [6.45, 7) is 0. The van der Waals surface area contributed by atoms with Crippen LogP contribution in [0.4, 0.5) is 0 Å². The van der Waals surface area contributed by atoms with Gasteiger partial charge in [-0.05, 0) is 12.1 Å². The molecule has 1 aromatic carbocycles. The summed E-state index contributed by atoms with van der Waals surface area (Å²) >= 11 is 0. The third kappa shape index (κ3) is 2.16. The number of hydrogen-bond acceptors (Lipinski definition) is 5. The highest BCUT2D eigenvalue weighted by Gasteiger charge is 2.20. The number of sulfone groups is 1. The quantitative estimate of drug-likeness (QED) is 0.736. The molecule has 88 valence electrons. The van der Waals surface area contributed by atoms with Crippen molar-refractivity contribution in [1.29, 1.82) is 0 Å². The second-order valence-electron chi connectivity index (χ2n) is 3.11. The normalized spacial score (nSPS) is 10.9. The Morgan fingerprint density at radius 2 is 1.69 bits per heavy atom. The Bertz CT molecular complexity index is 504. The second kappa shape index (κ2) is 4.52. The lowest BCUT2D eigenvalue weighted by molar-refractivity contribution is 0.111. The van der Waals surface area contributed by atoms with Crippen LogP contribution in [0.1, 0.15) is 10.4 Å². The fourth-order valence-corrected chi connectivity index (χ4v) is 2.18. The molecule has 0 heterocycles. The van der Waals surface area contributed by atoms with E-state index in [0.29, 0.717) is 6.29 Å². The molecule has 0 atom stereocenters. The molecule has 1 aromatic rings. The lowest BCUT2D eigenvalue weighted by atomic mass is 10.2. The molecule has 16 heavy (non-hydrogen) atoms. The van der Waals surface area contributed by atoms with Gasteiger partial charge in [0.05, 0.1) is 19.8 Å². The number of ether oxygens (including phenoxy) is 2. The van der Waals surface area contributed by atoms with E-state index in [1.165, 1.54) is 26.4 Å². The van der Waals surface area contributed by atoms with Crippen LogP contribution in [0.25, 0.3) is 0 Å². The summed E-state index contributed by atoms with van der Waals surface area (Å²) in [5.74, 6) is 0.176. The van der Waals surface area contributed by atoms with E-state index in [2.05, 4.69) is 0 Å². The molecule has 0 saturated carbocycles. The van der Waals surface area contributed by atoms with Gasteiger partial charge in [0.2, 0.25) is 0 Å². The lowest BCUT2D eigenvalue weighted by Crippen LogP contribution is -2.04. The van der Waals surface area contributed by atoms with E-state index in [1.807, 2.05) is 0 Å². The molecule has 0 aliphatic heterocycles. The van der Waals surface area contributed by atoms with Crippen LogP contribution in [0, 0.1) is 0 Å². The third-order valence-electron chi connectivity index (χ3n) is 2.04. The Kier molecular flexibility index (Phi) is 3.54. The number of carbonyl (C=O) groups excluding carboxylic acids is 1. The Morgan fingerprint density at radius 1 is 1.12 bits per heavy atom. The first-order chi connectivity index (χ1) is 7.45. The third-order valence-corrected chi connectivity index (χ3v) is 3.16. The molecule has 0 unspecified atom stereocenters. The fourth-order valence-electron chi connectivity index (χ4n) is 1.35. The van der Waals surface area contributed by atoms with Crippen molar-refractivity contribution >= 4 is 16.1 Å². The first kappa shape index (κ1) is 12.5. The van der Waals surface area contributed by atoms with Gasteiger partial charge in [0.15, 0.2) is 27.6 Å². The molecule has 0 spiro atoms. The minimum Gasteiger partial charge on any atom is -0.492 e. The summed E-state index contributed by atoms with van der Waals surface area (Å²) in [6.07, 6.45) is 1.64. The van der Waals surface area contributed by atoms with E-state index < -0.39 is 9.84 Å². The largest absolute Gasteiger partial charge is 0.492 e. The predicted molar refractivity (Wildman–Crippen MR) is 58.0 cm³/mol. The van der Waals surface area contributed by atoms with Gasteiger partial charge in [-0.1, -0.05) is 0 Å². The van der Waals surface area contributed by atoms with Gasteiger partial charge in [-0.25, -0.2) is 8.42 Å². The van der Waals surface area contributed by atoms with E-state index in [0.717, 1.165) is 6.26 Å². The minimum atomic E-state index is -3.42. The van der Waals surface area contributed by atoms with Crippen molar-refractivity contribution in [2.45, 2.75) is 4.90 Å². The summed E-state index contributed by atoms with van der Waals surface area (Å²) in [5, 5.41) is 0. The van der Waals surface area contributed by atoms with Crippen LogP contribution in [-0.4, -0.2) is 35.2 Å². The highest BCUT2D eigenvalue weighted by atomic mass is 32.2. The van der Waals surface area contributed by atoms with Gasteiger partial charge >= 0.3 is 0 Å². The standard InChI is InChI=1S/C10H12O5S/c1-14-9-7(6-11)4-5-8(10(9)15-2)16(3,12)13/h4-6H,1-3H3. The van der Waals surface area contributed by atoms with Crippen molar-refractivity contribution in [2.75, 3.05) is 20.5 Å². The van der Waals surface area contributed by atoms with Gasteiger partial charge < -0.3 is 9.47 Å². The second-order valence-corrected chi connectivity index (χ2v) is 5.09. The zero-order valence-electron chi connectivity index (χ0n) is 9.18.